The molecule has 3 heteroatoms. The van der Waals surface area contributed by atoms with Crippen molar-refractivity contribution in [3.8, 4) is 5.75 Å². The first-order valence-corrected chi connectivity index (χ1v) is 6.28. The Labute approximate surface area is 103 Å². The average Bonchev–Trinajstić information content (AvgIpc) is 2.81. The average molecular weight is 235 g/mol. The Bertz CT molecular complexity index is 365. The summed E-state index contributed by atoms with van der Waals surface area (Å²) >= 11 is 0. The normalized spacial score (nSPS) is 15.4. The number of aryl methyl sites for hydroxylation is 1. The lowest BCUT2D eigenvalue weighted by Gasteiger charge is -2.11. The predicted molar refractivity (Wildman–Crippen MR) is 68.4 cm³/mol. The molecule has 2 rings (SSSR count). The van der Waals surface area contributed by atoms with Gasteiger partial charge in [0.05, 0.1) is 6.61 Å². The van der Waals surface area contributed by atoms with Crippen molar-refractivity contribution in [2.24, 2.45) is 5.73 Å². The summed E-state index contributed by atoms with van der Waals surface area (Å²) < 4.78 is 10.5. The number of hydrogen-bond acceptors (Lipinski definition) is 3. The number of ether oxygens (including phenoxy) is 2. The Balaban J connectivity index is 1.83. The topological polar surface area (TPSA) is 44.5 Å². The summed E-state index contributed by atoms with van der Waals surface area (Å²) in [5, 5.41) is 0. The van der Waals surface area contributed by atoms with Crippen molar-refractivity contribution in [3.63, 3.8) is 0 Å². The molecule has 0 spiro atoms. The Kier molecular flexibility index (Phi) is 4.40. The summed E-state index contributed by atoms with van der Waals surface area (Å²) in [7, 11) is 1.72. The maximum atomic E-state index is 6.02. The monoisotopic (exact) mass is 235 g/mol. The second kappa shape index (κ2) is 6.03. The highest BCUT2D eigenvalue weighted by Crippen LogP contribution is 2.26. The molecule has 0 saturated heterocycles. The van der Waals surface area contributed by atoms with Crippen LogP contribution in [0.3, 0.4) is 0 Å². The van der Waals surface area contributed by atoms with E-state index in [1.807, 2.05) is 0 Å². The Morgan fingerprint density at radius 3 is 3.12 bits per heavy atom. The van der Waals surface area contributed by atoms with Crippen molar-refractivity contribution in [2.45, 2.75) is 31.7 Å². The van der Waals surface area contributed by atoms with Crippen LogP contribution in [0.1, 0.15) is 24.0 Å². The van der Waals surface area contributed by atoms with E-state index < -0.39 is 0 Å². The molecule has 1 aromatic rings. The van der Waals surface area contributed by atoms with E-state index in [-0.39, 0.29) is 6.04 Å². The highest BCUT2D eigenvalue weighted by molar-refractivity contribution is 5.39. The molecule has 3 nitrogen and oxygen atoms in total. The summed E-state index contributed by atoms with van der Waals surface area (Å²) in [6, 6.07) is 6.72. The molecule has 0 saturated carbocycles. The minimum atomic E-state index is 0.236. The number of nitrogens with two attached hydrogens (primary N) is 1. The fourth-order valence-electron chi connectivity index (χ4n) is 2.16. The van der Waals surface area contributed by atoms with Gasteiger partial charge in [-0.1, -0.05) is 12.1 Å². The summed E-state index contributed by atoms with van der Waals surface area (Å²) in [5.41, 5.74) is 8.72. The molecule has 0 fully saturated rings. The Morgan fingerprint density at radius 1 is 1.41 bits per heavy atom. The lowest BCUT2D eigenvalue weighted by Crippen LogP contribution is -2.22. The van der Waals surface area contributed by atoms with E-state index in [4.69, 9.17) is 15.2 Å². The molecule has 1 aromatic carbocycles. The third kappa shape index (κ3) is 3.45. The van der Waals surface area contributed by atoms with Gasteiger partial charge in [0, 0.05) is 26.2 Å². The van der Waals surface area contributed by atoms with Gasteiger partial charge in [0.1, 0.15) is 5.75 Å². The van der Waals surface area contributed by atoms with E-state index in [9.17, 15) is 0 Å². The zero-order valence-corrected chi connectivity index (χ0v) is 10.4. The van der Waals surface area contributed by atoms with Crippen molar-refractivity contribution in [1.29, 1.82) is 0 Å². The quantitative estimate of drug-likeness (QED) is 0.819. The lowest BCUT2D eigenvalue weighted by molar-refractivity contribution is 0.187. The first-order chi connectivity index (χ1) is 8.29. The highest BCUT2D eigenvalue weighted by atomic mass is 16.5. The second-order valence-corrected chi connectivity index (χ2v) is 4.62. The molecule has 1 aliphatic rings. The highest BCUT2D eigenvalue weighted by Gasteiger charge is 2.12. The Hall–Kier alpha value is -1.06. The van der Waals surface area contributed by atoms with Crippen LogP contribution in [0.25, 0.3) is 0 Å². The molecular weight excluding hydrogens is 214 g/mol. The van der Waals surface area contributed by atoms with Gasteiger partial charge in [-0.25, -0.2) is 0 Å². The SMILES string of the molecule is COCCC(N)CCc1ccc2c(c1)CCO2. The van der Waals surface area contributed by atoms with Crippen LogP contribution in [-0.4, -0.2) is 26.4 Å². The maximum absolute atomic E-state index is 6.02. The van der Waals surface area contributed by atoms with E-state index in [2.05, 4.69) is 18.2 Å². The van der Waals surface area contributed by atoms with Gasteiger partial charge in [-0.3, -0.25) is 0 Å². The van der Waals surface area contributed by atoms with Gasteiger partial charge in [-0.05, 0) is 36.5 Å². The second-order valence-electron chi connectivity index (χ2n) is 4.62. The molecule has 2 N–H and O–H groups in total. The number of benzene rings is 1. The number of rotatable bonds is 6. The van der Waals surface area contributed by atoms with Crippen molar-refractivity contribution in [1.82, 2.24) is 0 Å². The van der Waals surface area contributed by atoms with Crippen LogP contribution >= 0.6 is 0 Å². The van der Waals surface area contributed by atoms with Crippen LogP contribution < -0.4 is 10.5 Å². The van der Waals surface area contributed by atoms with Crippen LogP contribution in [-0.2, 0) is 17.6 Å². The first kappa shape index (κ1) is 12.4. The van der Waals surface area contributed by atoms with Crippen molar-refractivity contribution in [2.75, 3.05) is 20.3 Å². The van der Waals surface area contributed by atoms with Crippen LogP contribution in [0, 0.1) is 0 Å². The molecule has 1 unspecified atom stereocenters. The molecule has 1 aliphatic heterocycles. The standard InChI is InChI=1S/C14H21NO2/c1-16-8-7-13(15)4-2-11-3-5-14-12(10-11)6-9-17-14/h3,5,10,13H,2,4,6-9,15H2,1H3. The van der Waals surface area contributed by atoms with E-state index >= 15 is 0 Å². The van der Waals surface area contributed by atoms with Gasteiger partial charge < -0.3 is 15.2 Å². The molecule has 94 valence electrons. The van der Waals surface area contributed by atoms with Gasteiger partial charge in [0.2, 0.25) is 0 Å². The minimum Gasteiger partial charge on any atom is -0.493 e. The first-order valence-electron chi connectivity index (χ1n) is 6.28. The molecule has 1 atom stereocenters. The van der Waals surface area contributed by atoms with Gasteiger partial charge in [0.25, 0.3) is 0 Å². The Morgan fingerprint density at radius 2 is 2.29 bits per heavy atom. The molecule has 0 amide bonds. The van der Waals surface area contributed by atoms with E-state index in [0.29, 0.717) is 0 Å². The summed E-state index contributed by atoms with van der Waals surface area (Å²) in [6.45, 7) is 1.57. The lowest BCUT2D eigenvalue weighted by atomic mass is 10.0. The van der Waals surface area contributed by atoms with E-state index in [0.717, 1.165) is 44.6 Å². The predicted octanol–water partition coefficient (Wildman–Crippen LogP) is 1.92. The third-order valence-corrected chi connectivity index (χ3v) is 3.25. The molecule has 17 heavy (non-hydrogen) atoms. The molecule has 0 aromatic heterocycles. The zero-order chi connectivity index (χ0) is 12.1. The molecule has 0 aliphatic carbocycles. The van der Waals surface area contributed by atoms with Crippen LogP contribution in [0.2, 0.25) is 0 Å². The number of methoxy groups -OCH3 is 1. The van der Waals surface area contributed by atoms with Crippen LogP contribution in [0.5, 0.6) is 5.75 Å². The molecule has 1 heterocycles. The molecule has 0 bridgehead atoms. The summed E-state index contributed by atoms with van der Waals surface area (Å²) in [6.07, 6.45) is 4.03. The molecule has 0 radical (unpaired) electrons. The summed E-state index contributed by atoms with van der Waals surface area (Å²) in [5.74, 6) is 1.05. The molecular formula is C14H21NO2. The third-order valence-electron chi connectivity index (χ3n) is 3.25. The van der Waals surface area contributed by atoms with Gasteiger partial charge in [0.15, 0.2) is 0 Å². The van der Waals surface area contributed by atoms with Crippen molar-refractivity contribution < 1.29 is 9.47 Å². The van der Waals surface area contributed by atoms with E-state index in [1.165, 1.54) is 11.1 Å². The number of hydrogen-bond donors (Lipinski definition) is 1. The van der Waals surface area contributed by atoms with Gasteiger partial charge in [-0.2, -0.15) is 0 Å². The van der Waals surface area contributed by atoms with E-state index in [1.54, 1.807) is 7.11 Å². The minimum absolute atomic E-state index is 0.236. The smallest absolute Gasteiger partial charge is 0.122 e. The zero-order valence-electron chi connectivity index (χ0n) is 10.4. The van der Waals surface area contributed by atoms with Crippen LogP contribution in [0.4, 0.5) is 0 Å². The number of fused-ring (bicyclic) bond motifs is 1. The van der Waals surface area contributed by atoms with Gasteiger partial charge >= 0.3 is 0 Å². The fourth-order valence-corrected chi connectivity index (χ4v) is 2.16. The van der Waals surface area contributed by atoms with Crippen molar-refractivity contribution in [3.05, 3.63) is 29.3 Å². The maximum Gasteiger partial charge on any atom is 0.122 e. The summed E-state index contributed by atoms with van der Waals surface area (Å²) in [4.78, 5) is 0. The van der Waals surface area contributed by atoms with Crippen molar-refractivity contribution >= 4 is 0 Å². The van der Waals surface area contributed by atoms with Gasteiger partial charge in [-0.15, -0.1) is 0 Å². The van der Waals surface area contributed by atoms with Crippen LogP contribution in [0.15, 0.2) is 18.2 Å². The fraction of sp³-hybridized carbons (Fsp3) is 0.571. The largest absolute Gasteiger partial charge is 0.493 e.